The molecule has 9 nitrogen and oxygen atoms in total. The van der Waals surface area contributed by atoms with E-state index < -0.39 is 28.5 Å². The minimum absolute atomic E-state index is 0.0596. The molecule has 230 valence electrons. The number of nitrogens with zero attached hydrogens (tertiary/aromatic N) is 2. The van der Waals surface area contributed by atoms with Gasteiger partial charge >= 0.3 is 0 Å². The third kappa shape index (κ3) is 8.07. The number of anilines is 1. The molecule has 0 aliphatic heterocycles. The summed E-state index contributed by atoms with van der Waals surface area (Å²) in [4.78, 5) is 29.4. The van der Waals surface area contributed by atoms with Crippen molar-refractivity contribution in [3.8, 4) is 11.5 Å². The van der Waals surface area contributed by atoms with Crippen molar-refractivity contribution in [2.75, 3.05) is 24.6 Å². The lowest BCUT2D eigenvalue weighted by Gasteiger charge is -2.33. The fraction of sp³-hybridized carbons (Fsp3) is 0.394. The molecule has 1 N–H and O–H groups in total. The molecule has 0 radical (unpaired) electrons. The van der Waals surface area contributed by atoms with Crippen molar-refractivity contribution in [3.05, 3.63) is 84.4 Å². The van der Waals surface area contributed by atoms with Gasteiger partial charge < -0.3 is 19.7 Å². The number of rotatable bonds is 14. The molecule has 43 heavy (non-hydrogen) atoms. The molecule has 0 spiro atoms. The topological polar surface area (TPSA) is 105 Å². The minimum Gasteiger partial charge on any atom is -0.497 e. The largest absolute Gasteiger partial charge is 0.497 e. The third-order valence-electron chi connectivity index (χ3n) is 7.65. The maximum atomic E-state index is 14.2. The third-order valence-corrected chi connectivity index (χ3v) is 9.43. The molecule has 4 rings (SSSR count). The number of sulfonamides is 1. The lowest BCUT2D eigenvalue weighted by atomic mass is 10.1. The van der Waals surface area contributed by atoms with Gasteiger partial charge in [0.25, 0.3) is 10.0 Å². The summed E-state index contributed by atoms with van der Waals surface area (Å²) in [7, 11) is -2.56. The first kappa shape index (κ1) is 31.9. The molecule has 3 aromatic rings. The van der Waals surface area contributed by atoms with E-state index in [-0.39, 0.29) is 23.4 Å². The Morgan fingerprint density at radius 3 is 2.12 bits per heavy atom. The number of carbonyl (C=O) groups excluding carboxylic acids is 2. The fourth-order valence-corrected chi connectivity index (χ4v) is 6.77. The molecule has 1 aliphatic rings. The Bertz CT molecular complexity index is 1440. The Morgan fingerprint density at radius 1 is 0.907 bits per heavy atom. The average Bonchev–Trinajstić information content (AvgIpc) is 3.54. The van der Waals surface area contributed by atoms with Crippen LogP contribution >= 0.6 is 0 Å². The van der Waals surface area contributed by atoms with Crippen molar-refractivity contribution >= 4 is 27.5 Å². The zero-order chi connectivity index (χ0) is 30.8. The second-order valence-electron chi connectivity index (χ2n) is 10.5. The summed E-state index contributed by atoms with van der Waals surface area (Å²) >= 11 is 0. The highest BCUT2D eigenvalue weighted by Gasteiger charge is 2.34. The second-order valence-corrected chi connectivity index (χ2v) is 12.4. The van der Waals surface area contributed by atoms with Crippen LogP contribution in [-0.4, -0.2) is 57.5 Å². The number of ether oxygens (including phenoxy) is 2. The highest BCUT2D eigenvalue weighted by molar-refractivity contribution is 7.92. The van der Waals surface area contributed by atoms with Crippen LogP contribution in [0, 0.1) is 0 Å². The molecule has 3 aromatic carbocycles. The number of carbonyl (C=O) groups is 2. The van der Waals surface area contributed by atoms with Crippen LogP contribution in [0.4, 0.5) is 5.69 Å². The number of hydrogen-bond acceptors (Lipinski definition) is 6. The minimum atomic E-state index is -4.13. The van der Waals surface area contributed by atoms with E-state index in [1.165, 1.54) is 17.0 Å². The first-order valence-electron chi connectivity index (χ1n) is 14.8. The molecule has 1 saturated carbocycles. The van der Waals surface area contributed by atoms with E-state index in [2.05, 4.69) is 5.32 Å². The zero-order valence-electron chi connectivity index (χ0n) is 25.1. The van der Waals surface area contributed by atoms with Gasteiger partial charge in [0.2, 0.25) is 11.8 Å². The number of methoxy groups -OCH3 is 1. The smallest absolute Gasteiger partial charge is 0.264 e. The first-order valence-corrected chi connectivity index (χ1v) is 16.2. The van der Waals surface area contributed by atoms with Gasteiger partial charge in [0.05, 0.1) is 24.3 Å². The van der Waals surface area contributed by atoms with Gasteiger partial charge in [-0.15, -0.1) is 0 Å². The summed E-state index contributed by atoms with van der Waals surface area (Å²) in [6.07, 6.45) is 4.31. The summed E-state index contributed by atoms with van der Waals surface area (Å²) < 4.78 is 39.9. The Kier molecular flexibility index (Phi) is 11.1. The Labute approximate surface area is 254 Å². The van der Waals surface area contributed by atoms with Gasteiger partial charge in [-0.25, -0.2) is 8.42 Å². The molecule has 1 atom stereocenters. The predicted molar refractivity (Wildman–Crippen MR) is 167 cm³/mol. The van der Waals surface area contributed by atoms with E-state index in [1.807, 2.05) is 26.0 Å². The fourth-order valence-electron chi connectivity index (χ4n) is 5.34. The molecule has 0 heterocycles. The van der Waals surface area contributed by atoms with E-state index >= 15 is 0 Å². The molecule has 10 heteroatoms. The molecule has 0 aromatic heterocycles. The van der Waals surface area contributed by atoms with E-state index in [4.69, 9.17) is 9.47 Å². The lowest BCUT2D eigenvalue weighted by Crippen LogP contribution is -2.53. The molecular formula is C33H41N3O6S. The van der Waals surface area contributed by atoms with Crippen LogP contribution in [-0.2, 0) is 26.2 Å². The van der Waals surface area contributed by atoms with Gasteiger partial charge in [0.1, 0.15) is 24.1 Å². The highest BCUT2D eigenvalue weighted by atomic mass is 32.2. The van der Waals surface area contributed by atoms with Crippen molar-refractivity contribution in [1.29, 1.82) is 0 Å². The monoisotopic (exact) mass is 607 g/mol. The van der Waals surface area contributed by atoms with Gasteiger partial charge in [0.15, 0.2) is 0 Å². The van der Waals surface area contributed by atoms with E-state index in [1.54, 1.807) is 61.7 Å². The van der Waals surface area contributed by atoms with Crippen LogP contribution in [0.2, 0.25) is 0 Å². The Balaban J connectivity index is 1.70. The maximum absolute atomic E-state index is 14.2. The number of nitrogens with one attached hydrogen (secondary N) is 1. The van der Waals surface area contributed by atoms with E-state index in [0.29, 0.717) is 30.2 Å². The second kappa shape index (κ2) is 14.9. The van der Waals surface area contributed by atoms with Crippen LogP contribution in [0.1, 0.15) is 51.5 Å². The normalized spacial score (nSPS) is 14.1. The molecular weight excluding hydrogens is 566 g/mol. The molecule has 0 bridgehead atoms. The molecule has 0 saturated heterocycles. The molecule has 1 aliphatic carbocycles. The predicted octanol–water partition coefficient (Wildman–Crippen LogP) is 5.16. The maximum Gasteiger partial charge on any atom is 0.264 e. The first-order chi connectivity index (χ1) is 20.8. The highest BCUT2D eigenvalue weighted by Crippen LogP contribution is 2.27. The number of hydrogen-bond donors (Lipinski definition) is 1. The molecule has 1 fully saturated rings. The van der Waals surface area contributed by atoms with Gasteiger partial charge in [0, 0.05) is 12.6 Å². The van der Waals surface area contributed by atoms with Crippen LogP contribution in [0.5, 0.6) is 11.5 Å². The van der Waals surface area contributed by atoms with Crippen molar-refractivity contribution in [3.63, 3.8) is 0 Å². The summed E-state index contributed by atoms with van der Waals surface area (Å²) in [5.74, 6) is 0.543. The van der Waals surface area contributed by atoms with Crippen molar-refractivity contribution in [2.45, 2.75) is 69.5 Å². The Morgan fingerprint density at radius 2 is 1.53 bits per heavy atom. The van der Waals surface area contributed by atoms with E-state index in [9.17, 15) is 18.0 Å². The Hall–Kier alpha value is -4.05. The van der Waals surface area contributed by atoms with Gasteiger partial charge in [-0.2, -0.15) is 0 Å². The molecule has 0 unspecified atom stereocenters. The lowest BCUT2D eigenvalue weighted by molar-refractivity contribution is -0.140. The SMILES string of the molecule is CCOc1ccc(N(CC(=O)N(Cc2ccc(OC)cc2)[C@@H](CC)C(=O)NC2CCCC2)S(=O)(=O)c2ccccc2)cc1. The van der Waals surface area contributed by atoms with Crippen molar-refractivity contribution in [1.82, 2.24) is 10.2 Å². The van der Waals surface area contributed by atoms with Crippen LogP contribution in [0.15, 0.2) is 83.8 Å². The van der Waals surface area contributed by atoms with Gasteiger partial charge in [-0.3, -0.25) is 13.9 Å². The summed E-state index contributed by atoms with van der Waals surface area (Å²) in [6.45, 7) is 3.82. The number of amides is 2. The summed E-state index contributed by atoms with van der Waals surface area (Å²) in [5.41, 5.74) is 1.10. The van der Waals surface area contributed by atoms with Crippen LogP contribution in [0.25, 0.3) is 0 Å². The van der Waals surface area contributed by atoms with Crippen molar-refractivity contribution in [2.24, 2.45) is 0 Å². The van der Waals surface area contributed by atoms with Gasteiger partial charge in [-0.1, -0.05) is 50.1 Å². The quantitative estimate of drug-likeness (QED) is 0.272. The zero-order valence-corrected chi connectivity index (χ0v) is 25.9. The summed E-state index contributed by atoms with van der Waals surface area (Å²) in [6, 6.07) is 21.2. The van der Waals surface area contributed by atoms with Crippen molar-refractivity contribution < 1.29 is 27.5 Å². The number of benzene rings is 3. The van der Waals surface area contributed by atoms with Crippen LogP contribution < -0.4 is 19.1 Å². The van der Waals surface area contributed by atoms with Gasteiger partial charge in [-0.05, 0) is 80.3 Å². The summed E-state index contributed by atoms with van der Waals surface area (Å²) in [5, 5.41) is 3.13. The standard InChI is InChI=1S/C33H41N3O6S/c1-4-31(33(38)34-26-11-9-10-12-26)35(23-25-15-19-28(41-3)20-16-25)32(37)24-36(27-17-21-29(22-18-27)42-5-2)43(39,40)30-13-7-6-8-14-30/h6-8,13-22,26,31H,4-5,9-12,23-24H2,1-3H3,(H,34,38)/t31-/m0/s1. The van der Waals surface area contributed by atoms with E-state index in [0.717, 1.165) is 35.6 Å². The average molecular weight is 608 g/mol. The van der Waals surface area contributed by atoms with Crippen LogP contribution in [0.3, 0.4) is 0 Å². The molecule has 2 amide bonds.